The normalized spacial score (nSPS) is 16.2. The number of hydrogen-bond acceptors (Lipinski definition) is 9. The number of sulfonamides is 1. The van der Waals surface area contributed by atoms with E-state index < -0.39 is 20.9 Å². The molecule has 1 aromatic heterocycles. The molecular weight excluding hydrogens is 566 g/mol. The van der Waals surface area contributed by atoms with Crippen LogP contribution in [0.1, 0.15) is 35.7 Å². The number of ether oxygens (including phenoxy) is 1. The number of carbonyl (C=O) groups excluding carboxylic acids is 1. The summed E-state index contributed by atoms with van der Waals surface area (Å²) in [4.78, 5) is 28.9. The summed E-state index contributed by atoms with van der Waals surface area (Å²) in [5.74, 6) is 0.403. The van der Waals surface area contributed by atoms with E-state index in [4.69, 9.17) is 4.74 Å². The SMILES string of the molecule is COc1ccc2nc(N(/N=C/c3ccc([N+](=O)[O-])cc3)C(=O)c3ccc(S(=O)(=O)N4CCCC(C)C4)cc3)sc2c1. The first kappa shape index (κ1) is 28.3. The van der Waals surface area contributed by atoms with E-state index in [-0.39, 0.29) is 27.2 Å². The molecule has 11 nitrogen and oxygen atoms in total. The van der Waals surface area contributed by atoms with Crippen molar-refractivity contribution in [2.24, 2.45) is 11.0 Å². The minimum Gasteiger partial charge on any atom is -0.497 e. The van der Waals surface area contributed by atoms with Gasteiger partial charge in [-0.05, 0) is 78.9 Å². The van der Waals surface area contributed by atoms with Gasteiger partial charge in [0, 0.05) is 30.8 Å². The Morgan fingerprint density at radius 2 is 1.90 bits per heavy atom. The van der Waals surface area contributed by atoms with Gasteiger partial charge < -0.3 is 4.74 Å². The maximum Gasteiger partial charge on any atom is 0.280 e. The van der Waals surface area contributed by atoms with Crippen LogP contribution in [0.2, 0.25) is 0 Å². The maximum atomic E-state index is 13.7. The monoisotopic (exact) mass is 593 g/mol. The molecule has 2 heterocycles. The number of amides is 1. The van der Waals surface area contributed by atoms with Crippen molar-refractivity contribution in [1.29, 1.82) is 0 Å². The van der Waals surface area contributed by atoms with Crippen molar-refractivity contribution in [3.63, 3.8) is 0 Å². The third kappa shape index (κ3) is 6.11. The third-order valence-corrected chi connectivity index (χ3v) is 9.62. The molecule has 0 N–H and O–H groups in total. The van der Waals surface area contributed by atoms with Crippen LogP contribution in [-0.4, -0.2) is 55.0 Å². The minimum atomic E-state index is -3.68. The van der Waals surface area contributed by atoms with Crippen LogP contribution in [0.4, 0.5) is 10.8 Å². The molecule has 212 valence electrons. The number of anilines is 1. The number of rotatable bonds is 8. The Hall–Kier alpha value is -4.20. The number of piperidine rings is 1. The van der Waals surface area contributed by atoms with E-state index in [1.807, 2.05) is 6.92 Å². The van der Waals surface area contributed by atoms with Crippen molar-refractivity contribution in [2.45, 2.75) is 24.7 Å². The zero-order valence-electron chi connectivity index (χ0n) is 22.3. The predicted octanol–water partition coefficient (Wildman–Crippen LogP) is 5.31. The molecule has 41 heavy (non-hydrogen) atoms. The van der Waals surface area contributed by atoms with Gasteiger partial charge in [-0.3, -0.25) is 14.9 Å². The van der Waals surface area contributed by atoms with Gasteiger partial charge in [-0.2, -0.15) is 14.4 Å². The highest BCUT2D eigenvalue weighted by molar-refractivity contribution is 7.89. The van der Waals surface area contributed by atoms with Crippen molar-refractivity contribution in [2.75, 3.05) is 25.2 Å². The Morgan fingerprint density at radius 3 is 2.56 bits per heavy atom. The van der Waals surface area contributed by atoms with Crippen LogP contribution in [0.15, 0.2) is 76.7 Å². The standard InChI is InChI=1S/C28H27N5O6S2/c1-19-4-3-15-31(18-19)41(37,38)24-12-7-21(8-13-24)27(34)32(29-17-20-5-9-22(10-6-20)33(35)36)28-30-25-14-11-23(39-2)16-26(25)40-28/h5-14,16-17,19H,3-4,15,18H2,1-2H3/b29-17+. The molecule has 13 heteroatoms. The topological polar surface area (TPSA) is 135 Å². The molecule has 0 radical (unpaired) electrons. The molecule has 1 aliphatic heterocycles. The van der Waals surface area contributed by atoms with E-state index in [1.54, 1.807) is 25.3 Å². The smallest absolute Gasteiger partial charge is 0.280 e. The number of hydrogen-bond donors (Lipinski definition) is 0. The van der Waals surface area contributed by atoms with Crippen LogP contribution in [-0.2, 0) is 10.0 Å². The fraction of sp³-hybridized carbons (Fsp3) is 0.250. The van der Waals surface area contributed by atoms with Gasteiger partial charge in [-0.15, -0.1) is 0 Å². The van der Waals surface area contributed by atoms with Crippen molar-refractivity contribution >= 4 is 54.5 Å². The van der Waals surface area contributed by atoms with Crippen LogP contribution >= 0.6 is 11.3 Å². The van der Waals surface area contributed by atoms with Gasteiger partial charge in [0.1, 0.15) is 5.75 Å². The Labute approximate surface area is 240 Å². The second-order valence-electron chi connectivity index (χ2n) is 9.68. The highest BCUT2D eigenvalue weighted by Crippen LogP contribution is 2.33. The summed E-state index contributed by atoms with van der Waals surface area (Å²) < 4.78 is 34.0. The van der Waals surface area contributed by atoms with Gasteiger partial charge in [0.15, 0.2) is 0 Å². The second kappa shape index (κ2) is 11.7. The molecule has 5 rings (SSSR count). The average Bonchev–Trinajstić information content (AvgIpc) is 3.40. The minimum absolute atomic E-state index is 0.0655. The molecule has 3 aromatic carbocycles. The number of benzene rings is 3. The number of hydrazone groups is 1. The summed E-state index contributed by atoms with van der Waals surface area (Å²) >= 11 is 1.23. The molecule has 1 saturated heterocycles. The van der Waals surface area contributed by atoms with Crippen LogP contribution in [0.3, 0.4) is 0 Å². The van der Waals surface area contributed by atoms with Crippen LogP contribution in [0.5, 0.6) is 5.75 Å². The summed E-state index contributed by atoms with van der Waals surface area (Å²) in [7, 11) is -2.12. The number of fused-ring (bicyclic) bond motifs is 1. The lowest BCUT2D eigenvalue weighted by Gasteiger charge is -2.30. The number of aromatic nitrogens is 1. The molecule has 0 saturated carbocycles. The van der Waals surface area contributed by atoms with Crippen LogP contribution < -0.4 is 9.75 Å². The Balaban J connectivity index is 1.47. The van der Waals surface area contributed by atoms with Gasteiger partial charge in [0.05, 0.1) is 33.4 Å². The highest BCUT2D eigenvalue weighted by atomic mass is 32.2. The van der Waals surface area contributed by atoms with Crippen LogP contribution in [0.25, 0.3) is 10.2 Å². The first-order valence-corrected chi connectivity index (χ1v) is 15.1. The second-order valence-corrected chi connectivity index (χ2v) is 12.6. The number of thiazole rings is 1. The highest BCUT2D eigenvalue weighted by Gasteiger charge is 2.29. The Morgan fingerprint density at radius 1 is 1.17 bits per heavy atom. The van der Waals surface area contributed by atoms with Crippen LogP contribution in [0, 0.1) is 16.0 Å². The molecule has 1 fully saturated rings. The van der Waals surface area contributed by atoms with E-state index in [9.17, 15) is 23.3 Å². The van der Waals surface area contributed by atoms with Gasteiger partial charge in [-0.1, -0.05) is 18.3 Å². The zero-order chi connectivity index (χ0) is 29.1. The van der Waals surface area contributed by atoms with Crippen molar-refractivity contribution in [3.8, 4) is 5.75 Å². The third-order valence-electron chi connectivity index (χ3n) is 6.74. The van der Waals surface area contributed by atoms with Crippen molar-refractivity contribution in [3.05, 3.63) is 88.0 Å². The fourth-order valence-electron chi connectivity index (χ4n) is 4.51. The lowest BCUT2D eigenvalue weighted by Crippen LogP contribution is -2.39. The molecule has 1 unspecified atom stereocenters. The molecular formula is C28H27N5O6S2. The molecule has 4 aromatic rings. The number of carbonyl (C=O) groups is 1. The molecule has 0 bridgehead atoms. The Kier molecular flexibility index (Phi) is 8.10. The summed E-state index contributed by atoms with van der Waals surface area (Å²) in [6.07, 6.45) is 3.21. The number of nitrogens with zero attached hydrogens (tertiary/aromatic N) is 5. The summed E-state index contributed by atoms with van der Waals surface area (Å²) in [5, 5.41) is 16.8. The fourth-order valence-corrected chi connectivity index (χ4v) is 7.06. The average molecular weight is 594 g/mol. The molecule has 1 amide bonds. The molecule has 0 spiro atoms. The zero-order valence-corrected chi connectivity index (χ0v) is 24.0. The summed E-state index contributed by atoms with van der Waals surface area (Å²) in [6, 6.07) is 16.9. The first-order chi connectivity index (χ1) is 19.7. The van der Waals surface area contributed by atoms with Crippen molar-refractivity contribution in [1.82, 2.24) is 9.29 Å². The van der Waals surface area contributed by atoms with E-state index in [1.165, 1.54) is 70.4 Å². The predicted molar refractivity (Wildman–Crippen MR) is 157 cm³/mol. The van der Waals surface area contributed by atoms with Crippen molar-refractivity contribution < 1.29 is 22.9 Å². The Bertz CT molecular complexity index is 1720. The summed E-state index contributed by atoms with van der Waals surface area (Å²) in [6.45, 7) is 2.98. The first-order valence-electron chi connectivity index (χ1n) is 12.8. The van der Waals surface area contributed by atoms with E-state index in [2.05, 4.69) is 10.1 Å². The number of nitro groups is 1. The number of methoxy groups -OCH3 is 1. The van der Waals surface area contributed by atoms with E-state index in [0.717, 1.165) is 22.6 Å². The molecule has 1 atom stereocenters. The quantitative estimate of drug-likeness (QED) is 0.153. The largest absolute Gasteiger partial charge is 0.497 e. The number of non-ortho nitro benzene ring substituents is 1. The maximum absolute atomic E-state index is 13.7. The molecule has 0 aliphatic carbocycles. The van der Waals surface area contributed by atoms with Gasteiger partial charge in [-0.25, -0.2) is 13.4 Å². The van der Waals surface area contributed by atoms with E-state index >= 15 is 0 Å². The van der Waals surface area contributed by atoms with Gasteiger partial charge in [0.25, 0.3) is 11.6 Å². The number of nitro benzene ring substituents is 1. The summed E-state index contributed by atoms with van der Waals surface area (Å²) in [5.41, 5.74) is 1.33. The molecule has 1 aliphatic rings. The van der Waals surface area contributed by atoms with Gasteiger partial charge in [0.2, 0.25) is 15.2 Å². The van der Waals surface area contributed by atoms with E-state index in [0.29, 0.717) is 29.9 Å². The lowest BCUT2D eigenvalue weighted by atomic mass is 10.0. The lowest BCUT2D eigenvalue weighted by molar-refractivity contribution is -0.384. The van der Waals surface area contributed by atoms with Gasteiger partial charge >= 0.3 is 0 Å².